The molecule has 1 aromatic heterocycles. The van der Waals surface area contributed by atoms with Crippen molar-refractivity contribution in [3.05, 3.63) is 93.2 Å². The van der Waals surface area contributed by atoms with E-state index in [0.29, 0.717) is 33.8 Å². The zero-order valence-electron chi connectivity index (χ0n) is 19.5. The number of nitrogens with two attached hydrogens (primary N) is 1. The van der Waals surface area contributed by atoms with Gasteiger partial charge in [-0.1, -0.05) is 24.3 Å². The number of nitrogens with one attached hydrogen (secondary N) is 1. The Morgan fingerprint density at radius 3 is 1.87 bits per heavy atom. The molecule has 0 aliphatic rings. The second kappa shape index (κ2) is 13.6. The van der Waals surface area contributed by atoms with Crippen LogP contribution in [0.4, 0.5) is 22.0 Å². The summed E-state index contributed by atoms with van der Waals surface area (Å²) in [7, 11) is 0. The van der Waals surface area contributed by atoms with Gasteiger partial charge in [-0.2, -0.15) is 13.2 Å². The molecule has 5 N–H and O–H groups in total. The zero-order chi connectivity index (χ0) is 28.5. The van der Waals surface area contributed by atoms with Gasteiger partial charge < -0.3 is 21.3 Å². The maximum Gasteiger partial charge on any atom is 0.490 e. The quantitative estimate of drug-likeness (QED) is 0.280. The van der Waals surface area contributed by atoms with Crippen molar-refractivity contribution in [2.45, 2.75) is 31.0 Å². The molecular weight excluding hydrogens is 535 g/mol. The first kappa shape index (κ1) is 30.4. The highest BCUT2D eigenvalue weighted by molar-refractivity contribution is 7.14. The third-order valence-corrected chi connectivity index (χ3v) is 6.19. The van der Waals surface area contributed by atoms with E-state index in [1.807, 2.05) is 0 Å². The lowest BCUT2D eigenvalue weighted by molar-refractivity contribution is -0.192. The van der Waals surface area contributed by atoms with Gasteiger partial charge in [-0.3, -0.25) is 4.79 Å². The molecule has 0 radical (unpaired) electrons. The van der Waals surface area contributed by atoms with Crippen molar-refractivity contribution >= 4 is 29.2 Å². The summed E-state index contributed by atoms with van der Waals surface area (Å²) in [6.45, 7) is 0.325. The van der Waals surface area contributed by atoms with E-state index in [-0.39, 0.29) is 6.42 Å². The van der Waals surface area contributed by atoms with E-state index in [1.165, 1.54) is 24.3 Å². The average molecular weight is 559 g/mol. The van der Waals surface area contributed by atoms with E-state index in [2.05, 4.69) is 5.32 Å². The lowest BCUT2D eigenvalue weighted by Gasteiger charge is -2.17. The van der Waals surface area contributed by atoms with Crippen molar-refractivity contribution in [2.75, 3.05) is 6.54 Å². The Hall–Kier alpha value is -3.84. The van der Waals surface area contributed by atoms with Gasteiger partial charge in [-0.25, -0.2) is 18.4 Å². The fourth-order valence-corrected chi connectivity index (χ4v) is 4.40. The van der Waals surface area contributed by atoms with E-state index >= 15 is 0 Å². The predicted molar refractivity (Wildman–Crippen MR) is 129 cm³/mol. The van der Waals surface area contributed by atoms with E-state index in [4.69, 9.17) is 15.6 Å². The van der Waals surface area contributed by atoms with E-state index in [0.717, 1.165) is 11.3 Å². The Labute approximate surface area is 217 Å². The predicted octanol–water partition coefficient (Wildman–Crippen LogP) is 4.76. The van der Waals surface area contributed by atoms with Gasteiger partial charge >= 0.3 is 18.1 Å². The Kier molecular flexibility index (Phi) is 10.9. The minimum Gasteiger partial charge on any atom is -0.480 e. The maximum atomic E-state index is 13.9. The molecule has 0 aliphatic carbocycles. The van der Waals surface area contributed by atoms with Gasteiger partial charge in [-0.05, 0) is 66.9 Å². The van der Waals surface area contributed by atoms with Crippen LogP contribution in [0.2, 0.25) is 0 Å². The monoisotopic (exact) mass is 558 g/mol. The molecule has 1 atom stereocenters. The molecule has 0 fully saturated rings. The lowest BCUT2D eigenvalue weighted by atomic mass is 9.90. The van der Waals surface area contributed by atoms with E-state index in [1.54, 1.807) is 36.4 Å². The summed E-state index contributed by atoms with van der Waals surface area (Å²) in [4.78, 5) is 33.9. The number of carboxylic acids is 2. The molecule has 0 unspecified atom stereocenters. The third kappa shape index (κ3) is 8.92. The number of amides is 1. The molecule has 13 heteroatoms. The van der Waals surface area contributed by atoms with Crippen molar-refractivity contribution in [2.24, 2.45) is 5.73 Å². The lowest BCUT2D eigenvalue weighted by Crippen LogP contribution is -2.40. The van der Waals surface area contributed by atoms with Crippen LogP contribution in [0.15, 0.2) is 60.7 Å². The molecule has 0 bridgehead atoms. The molecule has 1 amide bonds. The number of carbonyl (C=O) groups excluding carboxylic acids is 1. The van der Waals surface area contributed by atoms with Crippen LogP contribution in [0.5, 0.6) is 0 Å². The maximum absolute atomic E-state index is 13.9. The summed E-state index contributed by atoms with van der Waals surface area (Å²) in [5.41, 5.74) is 6.66. The van der Waals surface area contributed by atoms with Crippen LogP contribution in [0, 0.1) is 11.6 Å². The van der Waals surface area contributed by atoms with Crippen molar-refractivity contribution in [3.63, 3.8) is 0 Å². The first-order chi connectivity index (χ1) is 17.8. The van der Waals surface area contributed by atoms with Crippen molar-refractivity contribution < 1.29 is 46.5 Å². The standard InChI is InChI=1S/C23H22F2N2O3S.C2HF3O2/c24-16-6-1-4-14(12-16)21(15-5-2-7-17(25)13-15)19-9-10-20(31-19)22(28)27-18(23(29)30)8-3-11-26;3-2(4,5)1(6)7/h1-2,4-7,9-10,12-13,18,21H,3,8,11,26H2,(H,27,28)(H,29,30);(H,6,7)/t18-;/m0./s1. The van der Waals surface area contributed by atoms with Crippen LogP contribution < -0.4 is 11.1 Å². The Morgan fingerprint density at radius 1 is 0.921 bits per heavy atom. The number of rotatable bonds is 9. The first-order valence-corrected chi connectivity index (χ1v) is 11.8. The van der Waals surface area contributed by atoms with Gasteiger partial charge in [0.1, 0.15) is 17.7 Å². The molecule has 7 nitrogen and oxygen atoms in total. The Morgan fingerprint density at radius 2 is 1.45 bits per heavy atom. The number of carboxylic acid groups (broad SMARTS) is 2. The van der Waals surface area contributed by atoms with Crippen LogP contribution >= 0.6 is 11.3 Å². The fraction of sp³-hybridized carbons (Fsp3) is 0.240. The molecule has 204 valence electrons. The van der Waals surface area contributed by atoms with Crippen LogP contribution in [-0.4, -0.2) is 46.8 Å². The summed E-state index contributed by atoms with van der Waals surface area (Å²) >= 11 is 1.15. The van der Waals surface area contributed by atoms with Gasteiger partial charge in [0, 0.05) is 10.8 Å². The Bertz CT molecular complexity index is 1220. The minimum absolute atomic E-state index is 0.227. The second-order valence-electron chi connectivity index (χ2n) is 7.84. The number of thiophene rings is 1. The number of hydrogen-bond donors (Lipinski definition) is 4. The first-order valence-electron chi connectivity index (χ1n) is 11.0. The molecule has 0 aliphatic heterocycles. The van der Waals surface area contributed by atoms with E-state index < -0.39 is 47.6 Å². The normalized spacial score (nSPS) is 11.9. The highest BCUT2D eigenvalue weighted by Gasteiger charge is 2.38. The van der Waals surface area contributed by atoms with Gasteiger partial charge in [-0.15, -0.1) is 11.3 Å². The van der Waals surface area contributed by atoms with Crippen LogP contribution in [0.3, 0.4) is 0 Å². The molecule has 38 heavy (non-hydrogen) atoms. The summed E-state index contributed by atoms with van der Waals surface area (Å²) in [6, 6.07) is 14.3. The number of aliphatic carboxylic acids is 2. The Balaban J connectivity index is 0.000000638. The van der Waals surface area contributed by atoms with Crippen molar-refractivity contribution in [1.29, 1.82) is 0 Å². The highest BCUT2D eigenvalue weighted by Crippen LogP contribution is 2.36. The summed E-state index contributed by atoms with van der Waals surface area (Å²) in [6.07, 6.45) is -4.39. The van der Waals surface area contributed by atoms with Crippen molar-refractivity contribution in [3.8, 4) is 0 Å². The second-order valence-corrected chi connectivity index (χ2v) is 8.96. The van der Waals surface area contributed by atoms with Gasteiger partial charge in [0.25, 0.3) is 5.91 Å². The number of benzene rings is 2. The molecular formula is C25H23F5N2O5S. The molecule has 3 rings (SSSR count). The van der Waals surface area contributed by atoms with Gasteiger partial charge in [0.05, 0.1) is 4.88 Å². The molecule has 1 heterocycles. The topological polar surface area (TPSA) is 130 Å². The van der Waals surface area contributed by atoms with Crippen LogP contribution in [0.1, 0.15) is 44.4 Å². The summed E-state index contributed by atoms with van der Waals surface area (Å²) in [5, 5.41) is 19.0. The highest BCUT2D eigenvalue weighted by atomic mass is 32.1. The molecule has 0 saturated carbocycles. The van der Waals surface area contributed by atoms with Gasteiger partial charge in [0.2, 0.25) is 0 Å². The summed E-state index contributed by atoms with van der Waals surface area (Å²) < 4.78 is 59.5. The summed E-state index contributed by atoms with van der Waals surface area (Å²) in [5.74, 6) is -5.72. The number of carbonyl (C=O) groups is 3. The zero-order valence-corrected chi connectivity index (χ0v) is 20.4. The number of halogens is 5. The number of alkyl halides is 3. The van der Waals surface area contributed by atoms with E-state index in [9.17, 15) is 36.6 Å². The largest absolute Gasteiger partial charge is 0.490 e. The molecule has 2 aromatic carbocycles. The smallest absolute Gasteiger partial charge is 0.480 e. The fourth-order valence-electron chi connectivity index (χ4n) is 3.33. The molecule has 3 aromatic rings. The SMILES string of the molecule is NCCC[C@H](NC(=O)c1ccc(C(c2cccc(F)c2)c2cccc(F)c2)s1)C(=O)O.O=C(O)C(F)(F)F. The molecule has 0 spiro atoms. The van der Waals surface area contributed by atoms with Crippen molar-refractivity contribution in [1.82, 2.24) is 5.32 Å². The molecule has 0 saturated heterocycles. The average Bonchev–Trinajstić information content (AvgIpc) is 3.31. The third-order valence-electron chi connectivity index (χ3n) is 5.04. The van der Waals surface area contributed by atoms with Crippen LogP contribution in [0.25, 0.3) is 0 Å². The minimum atomic E-state index is -5.08. The van der Waals surface area contributed by atoms with Crippen LogP contribution in [-0.2, 0) is 9.59 Å². The van der Waals surface area contributed by atoms with Gasteiger partial charge in [0.15, 0.2) is 0 Å². The number of hydrogen-bond acceptors (Lipinski definition) is 5.